The molecule has 0 aromatic heterocycles. The van der Waals surface area contributed by atoms with Gasteiger partial charge in [0.1, 0.15) is 11.5 Å². The molecule has 0 N–H and O–H groups in total. The molecular weight excluding hydrogens is 552 g/mol. The average Bonchev–Trinajstić information content (AvgIpc) is 3.04. The van der Waals surface area contributed by atoms with Gasteiger partial charge < -0.3 is 14.2 Å². The van der Waals surface area contributed by atoms with Gasteiger partial charge in [0.05, 0.1) is 35.2 Å². The fourth-order valence-corrected chi connectivity index (χ4v) is 4.63. The number of nitrogens with zero attached hydrogens (tertiary/aromatic N) is 2. The number of unbranched alkanes of at least 4 members (excludes halogenated alkanes) is 9. The highest BCUT2D eigenvalue weighted by atomic mass is 16.5. The maximum Gasteiger partial charge on any atom is 0.343 e. The predicted molar refractivity (Wildman–Crippen MR) is 176 cm³/mol. The van der Waals surface area contributed by atoms with Crippen LogP contribution in [0.25, 0.3) is 0 Å². The van der Waals surface area contributed by atoms with E-state index < -0.39 is 5.97 Å². The summed E-state index contributed by atoms with van der Waals surface area (Å²) in [4.78, 5) is 25.1. The molecule has 0 aliphatic rings. The fourth-order valence-electron chi connectivity index (χ4n) is 4.63. The van der Waals surface area contributed by atoms with E-state index >= 15 is 0 Å². The zero-order valence-electron chi connectivity index (χ0n) is 26.6. The van der Waals surface area contributed by atoms with Crippen molar-refractivity contribution in [2.45, 2.75) is 104 Å². The number of rotatable bonds is 20. The summed E-state index contributed by atoms with van der Waals surface area (Å²) in [7, 11) is 0. The van der Waals surface area contributed by atoms with Gasteiger partial charge in [0, 0.05) is 0 Å². The molecule has 3 rings (SSSR count). The molecule has 3 aromatic carbocycles. The van der Waals surface area contributed by atoms with Crippen molar-refractivity contribution < 1.29 is 23.8 Å². The molecule has 7 nitrogen and oxygen atoms in total. The summed E-state index contributed by atoms with van der Waals surface area (Å²) in [5.74, 6) is 0.295. The highest BCUT2D eigenvalue weighted by molar-refractivity contribution is 5.92. The van der Waals surface area contributed by atoms with Crippen LogP contribution >= 0.6 is 0 Å². The van der Waals surface area contributed by atoms with Gasteiger partial charge in [0.2, 0.25) is 0 Å². The molecule has 236 valence electrons. The standard InChI is InChI=1S/C37H48N2O5/c1-4-6-8-10-11-12-14-28-42-34-26-22-33(23-27-34)39-38-32-20-16-30(17-21-32)37(41)44-35-24-18-31(19-25-35)36(40)43-29(3)15-13-9-7-5-2/h16-27,29H,4-15,28H2,1-3H3/t29-/m0/s1. The van der Waals surface area contributed by atoms with Gasteiger partial charge in [-0.2, -0.15) is 10.2 Å². The predicted octanol–water partition coefficient (Wildman–Crippen LogP) is 11.0. The van der Waals surface area contributed by atoms with Crippen molar-refractivity contribution in [1.29, 1.82) is 0 Å². The number of carbonyl (C=O) groups excluding carboxylic acids is 2. The SMILES string of the molecule is CCCCCCCCCOc1ccc(N=Nc2ccc(C(=O)Oc3ccc(C(=O)O[C@@H](C)CCCCCC)cc3)cc2)cc1. The van der Waals surface area contributed by atoms with Crippen molar-refractivity contribution in [3.05, 3.63) is 83.9 Å². The lowest BCUT2D eigenvalue weighted by Gasteiger charge is -2.13. The summed E-state index contributed by atoms with van der Waals surface area (Å²) in [5.41, 5.74) is 2.13. The molecular formula is C37H48N2O5. The number of hydrogen-bond acceptors (Lipinski definition) is 7. The first-order valence-corrected chi connectivity index (χ1v) is 16.3. The van der Waals surface area contributed by atoms with Crippen LogP contribution in [0.4, 0.5) is 11.4 Å². The van der Waals surface area contributed by atoms with E-state index in [1.54, 1.807) is 48.5 Å². The van der Waals surface area contributed by atoms with Gasteiger partial charge >= 0.3 is 11.9 Å². The summed E-state index contributed by atoms with van der Waals surface area (Å²) < 4.78 is 16.9. The largest absolute Gasteiger partial charge is 0.494 e. The molecule has 0 aliphatic heterocycles. The lowest BCUT2D eigenvalue weighted by atomic mass is 10.1. The molecule has 3 aromatic rings. The molecule has 0 radical (unpaired) electrons. The minimum Gasteiger partial charge on any atom is -0.494 e. The molecule has 0 unspecified atom stereocenters. The third kappa shape index (κ3) is 13.1. The lowest BCUT2D eigenvalue weighted by Crippen LogP contribution is -2.15. The molecule has 0 saturated heterocycles. The summed E-state index contributed by atoms with van der Waals surface area (Å²) in [5, 5.41) is 8.55. The molecule has 44 heavy (non-hydrogen) atoms. The minimum atomic E-state index is -0.503. The van der Waals surface area contributed by atoms with Crippen LogP contribution in [0.5, 0.6) is 11.5 Å². The summed E-state index contributed by atoms with van der Waals surface area (Å²) in [6.07, 6.45) is 14.1. The van der Waals surface area contributed by atoms with Crippen molar-refractivity contribution in [2.75, 3.05) is 6.61 Å². The molecule has 7 heteroatoms. The van der Waals surface area contributed by atoms with Crippen LogP contribution in [-0.2, 0) is 4.74 Å². The van der Waals surface area contributed by atoms with E-state index in [-0.39, 0.29) is 12.1 Å². The first kappa shape index (κ1) is 34.5. The smallest absolute Gasteiger partial charge is 0.343 e. The Balaban J connectivity index is 1.40. The van der Waals surface area contributed by atoms with Gasteiger partial charge in [-0.15, -0.1) is 0 Å². The van der Waals surface area contributed by atoms with E-state index in [0.29, 0.717) is 28.3 Å². The molecule has 0 aliphatic carbocycles. The molecule has 0 spiro atoms. The summed E-state index contributed by atoms with van der Waals surface area (Å²) >= 11 is 0. The lowest BCUT2D eigenvalue weighted by molar-refractivity contribution is 0.0319. The Morgan fingerprint density at radius 1 is 0.591 bits per heavy atom. The normalized spacial score (nSPS) is 11.8. The highest BCUT2D eigenvalue weighted by Crippen LogP contribution is 2.23. The molecule has 0 bridgehead atoms. The number of esters is 2. The van der Waals surface area contributed by atoms with E-state index in [0.717, 1.165) is 38.0 Å². The van der Waals surface area contributed by atoms with E-state index in [1.165, 1.54) is 51.4 Å². The van der Waals surface area contributed by atoms with Gasteiger partial charge in [-0.05, 0) is 99.0 Å². The number of ether oxygens (including phenoxy) is 3. The summed E-state index contributed by atoms with van der Waals surface area (Å²) in [6.45, 7) is 7.05. The molecule has 0 amide bonds. The first-order chi connectivity index (χ1) is 21.5. The third-order valence-corrected chi connectivity index (χ3v) is 7.31. The Labute approximate surface area is 263 Å². The van der Waals surface area contributed by atoms with Crippen LogP contribution in [0.3, 0.4) is 0 Å². The number of carbonyl (C=O) groups is 2. The fraction of sp³-hybridized carbons (Fsp3) is 0.459. The summed E-state index contributed by atoms with van der Waals surface area (Å²) in [6, 6.07) is 20.6. The van der Waals surface area contributed by atoms with Crippen molar-refractivity contribution in [1.82, 2.24) is 0 Å². The molecule has 0 heterocycles. The number of azo groups is 1. The van der Waals surface area contributed by atoms with E-state index in [4.69, 9.17) is 14.2 Å². The van der Waals surface area contributed by atoms with Crippen LogP contribution in [-0.4, -0.2) is 24.6 Å². The van der Waals surface area contributed by atoms with E-state index in [1.807, 2.05) is 31.2 Å². The van der Waals surface area contributed by atoms with Crippen LogP contribution in [0.2, 0.25) is 0 Å². The van der Waals surface area contributed by atoms with Crippen molar-refractivity contribution in [3.8, 4) is 11.5 Å². The molecule has 0 fully saturated rings. The average molecular weight is 601 g/mol. The van der Waals surface area contributed by atoms with Crippen LogP contribution < -0.4 is 9.47 Å². The monoisotopic (exact) mass is 600 g/mol. The first-order valence-electron chi connectivity index (χ1n) is 16.3. The minimum absolute atomic E-state index is 0.135. The second kappa shape index (κ2) is 20.0. The van der Waals surface area contributed by atoms with E-state index in [2.05, 4.69) is 24.1 Å². The van der Waals surface area contributed by atoms with Crippen LogP contribution in [0.1, 0.15) is 119 Å². The molecule has 0 saturated carbocycles. The van der Waals surface area contributed by atoms with Gasteiger partial charge in [0.15, 0.2) is 0 Å². The van der Waals surface area contributed by atoms with Crippen molar-refractivity contribution in [2.24, 2.45) is 10.2 Å². The quantitative estimate of drug-likeness (QED) is 0.0557. The van der Waals surface area contributed by atoms with Gasteiger partial charge in [-0.3, -0.25) is 0 Å². The van der Waals surface area contributed by atoms with E-state index in [9.17, 15) is 9.59 Å². The number of benzene rings is 3. The van der Waals surface area contributed by atoms with Gasteiger partial charge in [-0.1, -0.05) is 71.6 Å². The van der Waals surface area contributed by atoms with Crippen LogP contribution in [0.15, 0.2) is 83.0 Å². The van der Waals surface area contributed by atoms with Gasteiger partial charge in [-0.25, -0.2) is 9.59 Å². The Bertz CT molecular complexity index is 1270. The number of hydrogen-bond donors (Lipinski definition) is 0. The van der Waals surface area contributed by atoms with Crippen molar-refractivity contribution in [3.63, 3.8) is 0 Å². The zero-order chi connectivity index (χ0) is 31.4. The maximum absolute atomic E-state index is 12.6. The molecule has 1 atom stereocenters. The Morgan fingerprint density at radius 3 is 1.68 bits per heavy atom. The van der Waals surface area contributed by atoms with Gasteiger partial charge in [0.25, 0.3) is 0 Å². The highest BCUT2D eigenvalue weighted by Gasteiger charge is 2.13. The Morgan fingerprint density at radius 2 is 1.07 bits per heavy atom. The second-order valence-electron chi connectivity index (χ2n) is 11.2. The zero-order valence-corrected chi connectivity index (χ0v) is 26.6. The Kier molecular flexibility index (Phi) is 15.7. The Hall–Kier alpha value is -4.00. The topological polar surface area (TPSA) is 86.5 Å². The second-order valence-corrected chi connectivity index (χ2v) is 11.2. The van der Waals surface area contributed by atoms with Crippen LogP contribution in [0, 0.1) is 0 Å². The maximum atomic E-state index is 12.6. The third-order valence-electron chi connectivity index (χ3n) is 7.31. The van der Waals surface area contributed by atoms with Crippen molar-refractivity contribution >= 4 is 23.3 Å².